The molecule has 0 saturated carbocycles. The third kappa shape index (κ3) is 75.4. The number of esters is 4. The van der Waals surface area contributed by atoms with Gasteiger partial charge in [-0.2, -0.15) is 0 Å². The van der Waals surface area contributed by atoms with Crippen LogP contribution < -0.4 is 0 Å². The van der Waals surface area contributed by atoms with Crippen molar-refractivity contribution in [3.05, 3.63) is 134 Å². The van der Waals surface area contributed by atoms with E-state index in [0.717, 1.165) is 135 Å². The minimum atomic E-state index is -5.00. The first kappa shape index (κ1) is 99.2. The third-order valence-corrected chi connectivity index (χ3v) is 18.5. The number of hydrogen-bond donors (Lipinski definition) is 3. The first-order chi connectivity index (χ1) is 50.7. The smallest absolute Gasteiger partial charge is 0.462 e. The molecule has 19 heteroatoms. The van der Waals surface area contributed by atoms with Gasteiger partial charge >= 0.3 is 39.5 Å². The SMILES string of the molecule is CC/C=C\C/C=C\C/C=C\C/C=C\C/C=C\C/C=C\CCC(=O)OCC(COP(=O)(O)OCC(O)COP(=O)(O)OCC(COC(=O)CCCC/C=C\C/C=C\C/C=C\C/C=C\CC)OC(=O)CCCCCCCCCCCCCCCCC)OC(=O)CCCCCCC/C=C\CCCCCCCC. The van der Waals surface area contributed by atoms with E-state index < -0.39 is 97.5 Å². The van der Waals surface area contributed by atoms with E-state index >= 15 is 0 Å². The Morgan fingerprint density at radius 2 is 0.519 bits per heavy atom. The zero-order valence-electron chi connectivity index (χ0n) is 65.2. The number of carbonyl (C=O) groups is 4. The Labute approximate surface area is 631 Å². The van der Waals surface area contributed by atoms with Crippen molar-refractivity contribution in [1.82, 2.24) is 0 Å². The molecule has 0 aliphatic carbocycles. The average molecular weight is 1500 g/mol. The van der Waals surface area contributed by atoms with Crippen LogP contribution in [0.15, 0.2) is 134 Å². The van der Waals surface area contributed by atoms with Crippen molar-refractivity contribution in [3.63, 3.8) is 0 Å². The molecule has 0 aliphatic rings. The van der Waals surface area contributed by atoms with Crippen LogP contribution in [0.4, 0.5) is 0 Å². The summed E-state index contributed by atoms with van der Waals surface area (Å²) in [6.45, 7) is 4.53. The van der Waals surface area contributed by atoms with Crippen LogP contribution in [-0.2, 0) is 65.4 Å². The molecule has 596 valence electrons. The molecule has 0 fully saturated rings. The molecule has 0 aromatic rings. The van der Waals surface area contributed by atoms with Gasteiger partial charge in [0, 0.05) is 25.7 Å². The largest absolute Gasteiger partial charge is 0.472 e. The molecule has 0 aromatic carbocycles. The number of phosphoric ester groups is 2. The first-order valence-electron chi connectivity index (χ1n) is 40.4. The molecule has 0 heterocycles. The molecule has 0 spiro atoms. The summed E-state index contributed by atoms with van der Waals surface area (Å²) < 4.78 is 68.5. The van der Waals surface area contributed by atoms with Gasteiger partial charge in [-0.25, -0.2) is 9.13 Å². The van der Waals surface area contributed by atoms with Crippen molar-refractivity contribution in [2.24, 2.45) is 0 Å². The van der Waals surface area contributed by atoms with E-state index in [1.165, 1.54) is 103 Å². The molecule has 0 amide bonds. The number of hydrogen-bond acceptors (Lipinski definition) is 15. The number of rotatable bonds is 75. The average Bonchev–Trinajstić information content (AvgIpc) is 0.918. The Hall–Kier alpha value is -4.80. The van der Waals surface area contributed by atoms with Gasteiger partial charge in [0.05, 0.1) is 26.4 Å². The normalized spacial score (nSPS) is 14.6. The maximum absolute atomic E-state index is 13.1. The number of aliphatic hydroxyl groups excluding tert-OH is 1. The van der Waals surface area contributed by atoms with Crippen LogP contribution in [0.5, 0.6) is 0 Å². The van der Waals surface area contributed by atoms with Crippen LogP contribution >= 0.6 is 15.6 Å². The summed E-state index contributed by atoms with van der Waals surface area (Å²) >= 11 is 0. The molecular weight excluding hydrogens is 1350 g/mol. The van der Waals surface area contributed by atoms with Gasteiger partial charge in [-0.1, -0.05) is 303 Å². The predicted octanol–water partition coefficient (Wildman–Crippen LogP) is 23.7. The molecule has 0 radical (unpaired) electrons. The van der Waals surface area contributed by atoms with Gasteiger partial charge in [0.1, 0.15) is 19.3 Å². The highest BCUT2D eigenvalue weighted by Gasteiger charge is 2.30. The zero-order chi connectivity index (χ0) is 76.0. The van der Waals surface area contributed by atoms with E-state index in [-0.39, 0.29) is 25.7 Å². The minimum absolute atomic E-state index is 0.0318. The lowest BCUT2D eigenvalue weighted by molar-refractivity contribution is -0.161. The number of allylic oxidation sites excluding steroid dienone is 22. The molecule has 0 aliphatic heterocycles. The molecule has 0 bridgehead atoms. The Bertz CT molecular complexity index is 2490. The lowest BCUT2D eigenvalue weighted by Crippen LogP contribution is -2.30. The van der Waals surface area contributed by atoms with Gasteiger partial charge < -0.3 is 33.8 Å². The van der Waals surface area contributed by atoms with Crippen molar-refractivity contribution < 1.29 is 80.2 Å². The molecule has 5 atom stereocenters. The van der Waals surface area contributed by atoms with Crippen LogP contribution in [0, 0.1) is 0 Å². The highest BCUT2D eigenvalue weighted by Crippen LogP contribution is 2.45. The molecule has 0 aromatic heterocycles. The number of unbranched alkanes of at least 4 members (excludes halogenated alkanes) is 27. The number of phosphoric acid groups is 2. The van der Waals surface area contributed by atoms with Crippen molar-refractivity contribution >= 4 is 39.5 Å². The Morgan fingerprint density at radius 3 is 0.856 bits per heavy atom. The van der Waals surface area contributed by atoms with E-state index in [1.54, 1.807) is 0 Å². The van der Waals surface area contributed by atoms with Crippen molar-refractivity contribution in [2.75, 3.05) is 39.6 Å². The van der Waals surface area contributed by atoms with E-state index in [2.05, 4.69) is 143 Å². The van der Waals surface area contributed by atoms with Crippen LogP contribution in [-0.4, -0.2) is 96.7 Å². The highest BCUT2D eigenvalue weighted by atomic mass is 31.2. The quantitative estimate of drug-likeness (QED) is 0.0169. The molecule has 0 saturated heterocycles. The highest BCUT2D eigenvalue weighted by molar-refractivity contribution is 7.47. The number of aliphatic hydroxyl groups is 1. The minimum Gasteiger partial charge on any atom is -0.462 e. The third-order valence-electron chi connectivity index (χ3n) is 16.6. The Kier molecular flexibility index (Phi) is 72.9. The molecule has 17 nitrogen and oxygen atoms in total. The van der Waals surface area contributed by atoms with E-state index in [9.17, 15) is 43.2 Å². The van der Waals surface area contributed by atoms with Gasteiger partial charge in [-0.15, -0.1) is 0 Å². The number of carbonyl (C=O) groups excluding carboxylic acids is 4. The topological polar surface area (TPSA) is 237 Å². The summed E-state index contributed by atoms with van der Waals surface area (Å²) in [5.41, 5.74) is 0. The van der Waals surface area contributed by atoms with Crippen molar-refractivity contribution in [3.8, 4) is 0 Å². The van der Waals surface area contributed by atoms with Gasteiger partial charge in [0.25, 0.3) is 0 Å². The van der Waals surface area contributed by atoms with Gasteiger partial charge in [0.15, 0.2) is 12.2 Å². The molecule has 3 N–H and O–H groups in total. The summed E-state index contributed by atoms with van der Waals surface area (Å²) in [7, 11) is -9.99. The van der Waals surface area contributed by atoms with Gasteiger partial charge in [-0.05, 0) is 128 Å². The maximum Gasteiger partial charge on any atom is 0.472 e. The maximum atomic E-state index is 13.1. The van der Waals surface area contributed by atoms with E-state index in [0.29, 0.717) is 32.1 Å². The Balaban J connectivity index is 5.45. The molecule has 5 unspecified atom stereocenters. The summed E-state index contributed by atoms with van der Waals surface area (Å²) in [5, 5.41) is 10.6. The van der Waals surface area contributed by atoms with Crippen LogP contribution in [0.25, 0.3) is 0 Å². The molecule has 0 rings (SSSR count). The second-order valence-electron chi connectivity index (χ2n) is 26.6. The lowest BCUT2D eigenvalue weighted by atomic mass is 10.0. The Morgan fingerprint density at radius 1 is 0.279 bits per heavy atom. The van der Waals surface area contributed by atoms with Crippen molar-refractivity contribution in [1.29, 1.82) is 0 Å². The molecule has 104 heavy (non-hydrogen) atoms. The summed E-state index contributed by atoms with van der Waals surface area (Å²) in [6.07, 6.45) is 85.9. The van der Waals surface area contributed by atoms with E-state index in [4.69, 9.17) is 37.0 Å². The fraction of sp³-hybridized carbons (Fsp3) is 0.694. The van der Waals surface area contributed by atoms with Crippen LogP contribution in [0.2, 0.25) is 0 Å². The van der Waals surface area contributed by atoms with Gasteiger partial charge in [0.2, 0.25) is 0 Å². The second kappa shape index (κ2) is 76.4. The zero-order valence-corrected chi connectivity index (χ0v) is 66.9. The predicted molar refractivity (Wildman–Crippen MR) is 427 cm³/mol. The van der Waals surface area contributed by atoms with Crippen LogP contribution in [0.3, 0.4) is 0 Å². The summed E-state index contributed by atoms with van der Waals surface area (Å²) in [5.74, 6) is -2.32. The fourth-order valence-electron chi connectivity index (χ4n) is 10.5. The van der Waals surface area contributed by atoms with Gasteiger partial charge in [-0.3, -0.25) is 37.3 Å². The van der Waals surface area contributed by atoms with E-state index in [1.807, 2.05) is 18.2 Å². The number of ether oxygens (including phenoxy) is 4. The summed E-state index contributed by atoms with van der Waals surface area (Å²) in [6, 6.07) is 0. The molecular formula is C85H144O17P2. The van der Waals surface area contributed by atoms with Crippen molar-refractivity contribution in [2.45, 2.75) is 341 Å². The monoisotopic (exact) mass is 1500 g/mol. The first-order valence-corrected chi connectivity index (χ1v) is 43.4. The summed E-state index contributed by atoms with van der Waals surface area (Å²) in [4.78, 5) is 73.0. The fourth-order valence-corrected chi connectivity index (χ4v) is 12.1. The standard InChI is InChI=1S/C85H144O17P2/c1-5-9-13-17-21-25-29-33-37-38-39-40-44-46-50-54-58-62-66-70-83(88)96-76-81(102-85(90)72-68-64-60-56-52-48-43-36-32-28-24-20-16-12-8-4)78-100-104(93,94)98-74-79(86)73-97-103(91,92)99-77-80(101-84(89)71-67-63-59-55-51-47-42-35-31-27-23-19-15-11-7-3)75-95-82(87)69-65-61-57-53-49-45-41-34-30-26-22-18-14-10-6-2/h9-10,13-14,21-22,25-26,33-34,36-37,39-41,43,46,49-50,53,58,62,79-81,86H,5-8,11-12,15-20,23-24,27-32,35,38,42,44-45,47-48,51-52,54-57,59-61,63-78H2,1-4H3,(H,91,92)(H,93,94)/b13-9-,14-10-,25-21-,26-22-,37-33-,40-39-,41-34-,43-36-,50-46-,53-49-,62-58-. The van der Waals surface area contributed by atoms with Crippen LogP contribution in [0.1, 0.15) is 323 Å². The lowest BCUT2D eigenvalue weighted by Gasteiger charge is -2.21. The second-order valence-corrected chi connectivity index (χ2v) is 29.5.